The molecule has 0 saturated heterocycles. The molecule has 0 aliphatic rings. The first-order chi connectivity index (χ1) is 9.72. The van der Waals surface area contributed by atoms with E-state index in [2.05, 4.69) is 4.72 Å². The Labute approximate surface area is 124 Å². The molecule has 0 bridgehead atoms. The average molecular weight is 313 g/mol. The van der Waals surface area contributed by atoms with E-state index >= 15 is 0 Å². The maximum Gasteiger partial charge on any atom is 0.303 e. The van der Waals surface area contributed by atoms with Crippen LogP contribution in [0.5, 0.6) is 0 Å². The van der Waals surface area contributed by atoms with Crippen LogP contribution in [0.3, 0.4) is 0 Å². The molecule has 0 aliphatic carbocycles. The molecule has 0 spiro atoms. The molecule has 116 valence electrons. The summed E-state index contributed by atoms with van der Waals surface area (Å²) in [7, 11) is -3.73. The summed E-state index contributed by atoms with van der Waals surface area (Å²) in [5.41, 5.74) is 1.57. The van der Waals surface area contributed by atoms with Crippen molar-refractivity contribution in [1.82, 2.24) is 4.72 Å². The number of carboxylic acids is 1. The summed E-state index contributed by atoms with van der Waals surface area (Å²) >= 11 is 0. The van der Waals surface area contributed by atoms with E-state index in [-0.39, 0.29) is 36.5 Å². The molecule has 0 heterocycles. The van der Waals surface area contributed by atoms with E-state index in [1.165, 1.54) is 6.07 Å². The SMILES string of the molecule is Cc1ccc(S(=O)(=O)NCC(=O)CCCC(=O)O)c(C)c1. The number of sulfonamides is 1. The highest BCUT2D eigenvalue weighted by atomic mass is 32.2. The molecular formula is C14H19NO5S. The van der Waals surface area contributed by atoms with E-state index in [4.69, 9.17) is 5.11 Å². The predicted octanol–water partition coefficient (Wildman–Crippen LogP) is 1.41. The fourth-order valence-electron chi connectivity index (χ4n) is 1.88. The zero-order valence-corrected chi connectivity index (χ0v) is 12.9. The van der Waals surface area contributed by atoms with Gasteiger partial charge in [0, 0.05) is 12.8 Å². The van der Waals surface area contributed by atoms with Gasteiger partial charge >= 0.3 is 5.97 Å². The van der Waals surface area contributed by atoms with Crippen molar-refractivity contribution in [2.45, 2.75) is 38.0 Å². The van der Waals surface area contributed by atoms with Crippen LogP contribution in [0.25, 0.3) is 0 Å². The lowest BCUT2D eigenvalue weighted by atomic mass is 10.2. The highest BCUT2D eigenvalue weighted by molar-refractivity contribution is 7.89. The summed E-state index contributed by atoms with van der Waals surface area (Å²) in [6.45, 7) is 3.23. The number of hydrogen-bond acceptors (Lipinski definition) is 4. The Balaban J connectivity index is 2.61. The Morgan fingerprint density at radius 3 is 2.43 bits per heavy atom. The lowest BCUT2D eigenvalue weighted by Crippen LogP contribution is -2.30. The minimum atomic E-state index is -3.73. The van der Waals surface area contributed by atoms with Crippen LogP contribution in [-0.4, -0.2) is 31.8 Å². The molecule has 0 saturated carbocycles. The van der Waals surface area contributed by atoms with Crippen molar-refractivity contribution >= 4 is 21.8 Å². The highest BCUT2D eigenvalue weighted by Gasteiger charge is 2.17. The number of carbonyl (C=O) groups is 2. The number of carboxylic acid groups (broad SMARTS) is 1. The zero-order chi connectivity index (χ0) is 16.0. The monoisotopic (exact) mass is 313 g/mol. The normalized spacial score (nSPS) is 11.3. The van der Waals surface area contributed by atoms with Crippen LogP contribution in [0.1, 0.15) is 30.4 Å². The summed E-state index contributed by atoms with van der Waals surface area (Å²) in [5, 5.41) is 8.46. The van der Waals surface area contributed by atoms with Gasteiger partial charge in [0.25, 0.3) is 0 Å². The van der Waals surface area contributed by atoms with Gasteiger partial charge < -0.3 is 5.11 Å². The maximum absolute atomic E-state index is 12.1. The number of hydrogen-bond donors (Lipinski definition) is 2. The van der Waals surface area contributed by atoms with Gasteiger partial charge in [0.05, 0.1) is 11.4 Å². The largest absolute Gasteiger partial charge is 0.481 e. The van der Waals surface area contributed by atoms with Crippen LogP contribution in [0.2, 0.25) is 0 Å². The number of Topliss-reactive ketones (excluding diaryl/α,β-unsaturated/α-hetero) is 1. The van der Waals surface area contributed by atoms with E-state index < -0.39 is 16.0 Å². The molecule has 2 N–H and O–H groups in total. The quantitative estimate of drug-likeness (QED) is 0.755. The Morgan fingerprint density at radius 1 is 1.19 bits per heavy atom. The third-order valence-corrected chi connectivity index (χ3v) is 4.49. The molecule has 0 fully saturated rings. The first-order valence-electron chi connectivity index (χ1n) is 6.53. The third-order valence-electron chi connectivity index (χ3n) is 2.93. The third kappa shape index (κ3) is 5.65. The lowest BCUT2D eigenvalue weighted by Gasteiger charge is -2.09. The molecule has 0 aromatic heterocycles. The number of nitrogens with one attached hydrogen (secondary N) is 1. The van der Waals surface area contributed by atoms with Crippen LogP contribution in [0.4, 0.5) is 0 Å². The van der Waals surface area contributed by atoms with Crippen molar-refractivity contribution in [2.24, 2.45) is 0 Å². The second-order valence-corrected chi connectivity index (χ2v) is 6.61. The molecule has 1 aromatic rings. The number of ketones is 1. The van der Waals surface area contributed by atoms with Gasteiger partial charge in [-0.25, -0.2) is 13.1 Å². The molecule has 0 aliphatic heterocycles. The zero-order valence-electron chi connectivity index (χ0n) is 12.0. The molecule has 0 amide bonds. The van der Waals surface area contributed by atoms with Gasteiger partial charge in [-0.05, 0) is 31.9 Å². The minimum absolute atomic E-state index is 0.0434. The number of rotatable bonds is 8. The molecule has 1 rings (SSSR count). The maximum atomic E-state index is 12.1. The van der Waals surface area contributed by atoms with Gasteiger partial charge in [0.15, 0.2) is 0 Å². The summed E-state index contributed by atoms with van der Waals surface area (Å²) < 4.78 is 26.4. The Kier molecular flexibility index (Phi) is 6.04. The first kappa shape index (κ1) is 17.3. The van der Waals surface area contributed by atoms with Crippen LogP contribution in [0, 0.1) is 13.8 Å². The van der Waals surface area contributed by atoms with Gasteiger partial charge in [-0.3, -0.25) is 9.59 Å². The number of benzene rings is 1. The van der Waals surface area contributed by atoms with E-state index in [0.29, 0.717) is 5.56 Å². The van der Waals surface area contributed by atoms with Crippen molar-refractivity contribution in [1.29, 1.82) is 0 Å². The second kappa shape index (κ2) is 7.33. The van der Waals surface area contributed by atoms with E-state index in [1.54, 1.807) is 19.1 Å². The van der Waals surface area contributed by atoms with Gasteiger partial charge in [-0.15, -0.1) is 0 Å². The van der Waals surface area contributed by atoms with E-state index in [9.17, 15) is 18.0 Å². The summed E-state index contributed by atoms with van der Waals surface area (Å²) in [5.74, 6) is -1.30. The second-order valence-electron chi connectivity index (χ2n) is 4.88. The van der Waals surface area contributed by atoms with Crippen LogP contribution < -0.4 is 4.72 Å². The van der Waals surface area contributed by atoms with Crippen molar-refractivity contribution < 1.29 is 23.1 Å². The van der Waals surface area contributed by atoms with Crippen molar-refractivity contribution in [3.05, 3.63) is 29.3 Å². The molecular weight excluding hydrogens is 294 g/mol. The van der Waals surface area contributed by atoms with Gasteiger partial charge in [0.2, 0.25) is 10.0 Å². The van der Waals surface area contributed by atoms with Crippen LogP contribution in [0.15, 0.2) is 23.1 Å². The molecule has 0 radical (unpaired) electrons. The molecule has 7 heteroatoms. The minimum Gasteiger partial charge on any atom is -0.481 e. The standard InChI is InChI=1S/C14H19NO5S/c1-10-6-7-13(11(2)8-10)21(19,20)15-9-12(16)4-3-5-14(17)18/h6-8,15H,3-5,9H2,1-2H3,(H,17,18). The van der Waals surface area contributed by atoms with Crippen molar-refractivity contribution in [3.63, 3.8) is 0 Å². The van der Waals surface area contributed by atoms with Gasteiger partial charge in [-0.2, -0.15) is 0 Å². The summed E-state index contributed by atoms with van der Waals surface area (Å²) in [6, 6.07) is 4.95. The van der Waals surface area contributed by atoms with Gasteiger partial charge in [0.1, 0.15) is 5.78 Å². The Hall–Kier alpha value is -1.73. The van der Waals surface area contributed by atoms with E-state index in [0.717, 1.165) is 5.56 Å². The fraction of sp³-hybridized carbons (Fsp3) is 0.429. The molecule has 0 unspecified atom stereocenters. The Morgan fingerprint density at radius 2 is 1.86 bits per heavy atom. The molecule has 0 atom stereocenters. The molecule has 21 heavy (non-hydrogen) atoms. The molecule has 6 nitrogen and oxygen atoms in total. The van der Waals surface area contributed by atoms with Crippen LogP contribution in [-0.2, 0) is 19.6 Å². The van der Waals surface area contributed by atoms with E-state index in [1.807, 2.05) is 6.92 Å². The van der Waals surface area contributed by atoms with Crippen LogP contribution >= 0.6 is 0 Å². The smallest absolute Gasteiger partial charge is 0.303 e. The number of carbonyl (C=O) groups excluding carboxylic acids is 1. The van der Waals surface area contributed by atoms with Crippen molar-refractivity contribution in [2.75, 3.05) is 6.54 Å². The number of aliphatic carboxylic acids is 1. The highest BCUT2D eigenvalue weighted by Crippen LogP contribution is 2.16. The van der Waals surface area contributed by atoms with Gasteiger partial charge in [-0.1, -0.05) is 17.7 Å². The predicted molar refractivity (Wildman–Crippen MR) is 77.6 cm³/mol. The molecule has 1 aromatic carbocycles. The topological polar surface area (TPSA) is 101 Å². The average Bonchev–Trinajstić information content (AvgIpc) is 2.35. The lowest BCUT2D eigenvalue weighted by molar-refractivity contribution is -0.137. The fourth-order valence-corrected chi connectivity index (χ4v) is 3.12. The Bertz CT molecular complexity index is 637. The van der Waals surface area contributed by atoms with Crippen molar-refractivity contribution in [3.8, 4) is 0 Å². The first-order valence-corrected chi connectivity index (χ1v) is 8.01. The summed E-state index contributed by atoms with van der Waals surface area (Å²) in [4.78, 5) is 22.0. The summed E-state index contributed by atoms with van der Waals surface area (Å²) in [6.07, 6.45) is 0.150. The number of aryl methyl sites for hydroxylation is 2.